The lowest BCUT2D eigenvalue weighted by molar-refractivity contribution is -0.114. The van der Waals surface area contributed by atoms with E-state index in [1.807, 2.05) is 62.4 Å². The molecule has 0 radical (unpaired) electrons. The van der Waals surface area contributed by atoms with Crippen LogP contribution in [-0.4, -0.2) is 12.5 Å². The SMILES string of the molecule is Cc1ccc(NCC(=O)Nc2cccc(C)c2)cc1. The fourth-order valence-electron chi connectivity index (χ4n) is 1.78. The number of amides is 1. The van der Waals surface area contributed by atoms with Crippen molar-refractivity contribution in [2.75, 3.05) is 17.2 Å². The predicted octanol–water partition coefficient (Wildman–Crippen LogP) is 3.35. The van der Waals surface area contributed by atoms with E-state index in [0.717, 1.165) is 16.9 Å². The summed E-state index contributed by atoms with van der Waals surface area (Å²) in [5.41, 5.74) is 4.11. The molecule has 2 N–H and O–H groups in total. The van der Waals surface area contributed by atoms with Crippen LogP contribution in [0.5, 0.6) is 0 Å². The van der Waals surface area contributed by atoms with E-state index in [1.165, 1.54) is 5.56 Å². The summed E-state index contributed by atoms with van der Waals surface area (Å²) in [5.74, 6) is -0.0498. The summed E-state index contributed by atoms with van der Waals surface area (Å²) in [6.45, 7) is 4.30. The summed E-state index contributed by atoms with van der Waals surface area (Å²) < 4.78 is 0. The molecule has 98 valence electrons. The Balaban J connectivity index is 1.86. The summed E-state index contributed by atoms with van der Waals surface area (Å²) in [6.07, 6.45) is 0. The lowest BCUT2D eigenvalue weighted by Crippen LogP contribution is -2.21. The van der Waals surface area contributed by atoms with Gasteiger partial charge in [0.05, 0.1) is 6.54 Å². The van der Waals surface area contributed by atoms with Crippen LogP contribution < -0.4 is 10.6 Å². The number of aryl methyl sites for hydroxylation is 2. The van der Waals surface area contributed by atoms with E-state index in [1.54, 1.807) is 0 Å². The van der Waals surface area contributed by atoms with Crippen LogP contribution in [0.3, 0.4) is 0 Å². The minimum Gasteiger partial charge on any atom is -0.376 e. The fraction of sp³-hybridized carbons (Fsp3) is 0.188. The highest BCUT2D eigenvalue weighted by molar-refractivity contribution is 5.93. The highest BCUT2D eigenvalue weighted by Gasteiger charge is 2.02. The maximum Gasteiger partial charge on any atom is 0.243 e. The first-order chi connectivity index (χ1) is 9.13. The van der Waals surface area contributed by atoms with Crippen LogP contribution in [0.4, 0.5) is 11.4 Å². The van der Waals surface area contributed by atoms with Crippen molar-refractivity contribution in [3.63, 3.8) is 0 Å². The molecule has 0 atom stereocenters. The predicted molar refractivity (Wildman–Crippen MR) is 79.5 cm³/mol. The molecule has 2 aromatic rings. The molecule has 3 heteroatoms. The molecule has 0 heterocycles. The summed E-state index contributed by atoms with van der Waals surface area (Å²) in [6, 6.07) is 15.7. The number of nitrogens with one attached hydrogen (secondary N) is 2. The van der Waals surface area contributed by atoms with Crippen molar-refractivity contribution in [3.8, 4) is 0 Å². The molecule has 0 aliphatic rings. The van der Waals surface area contributed by atoms with E-state index in [0.29, 0.717) is 0 Å². The van der Waals surface area contributed by atoms with Crippen LogP contribution in [0.2, 0.25) is 0 Å². The van der Waals surface area contributed by atoms with Crippen molar-refractivity contribution >= 4 is 17.3 Å². The molecule has 2 rings (SSSR count). The lowest BCUT2D eigenvalue weighted by Gasteiger charge is -2.08. The van der Waals surface area contributed by atoms with Crippen molar-refractivity contribution in [1.82, 2.24) is 0 Å². The van der Waals surface area contributed by atoms with Crippen molar-refractivity contribution < 1.29 is 4.79 Å². The van der Waals surface area contributed by atoms with Crippen molar-refractivity contribution in [2.45, 2.75) is 13.8 Å². The Morgan fingerprint density at radius 3 is 2.37 bits per heavy atom. The Bertz CT molecular complexity index is 561. The van der Waals surface area contributed by atoms with E-state index in [2.05, 4.69) is 10.6 Å². The lowest BCUT2D eigenvalue weighted by atomic mass is 10.2. The molecular formula is C16H18N2O. The van der Waals surface area contributed by atoms with Gasteiger partial charge >= 0.3 is 0 Å². The van der Waals surface area contributed by atoms with Gasteiger partial charge in [0.15, 0.2) is 0 Å². The molecular weight excluding hydrogens is 236 g/mol. The van der Waals surface area contributed by atoms with E-state index < -0.39 is 0 Å². The standard InChI is InChI=1S/C16H18N2O/c1-12-6-8-14(9-7-12)17-11-16(19)18-15-5-3-4-13(2)10-15/h3-10,17H,11H2,1-2H3,(H,18,19). The monoisotopic (exact) mass is 254 g/mol. The Morgan fingerprint density at radius 1 is 0.947 bits per heavy atom. The molecule has 0 bridgehead atoms. The average Bonchev–Trinajstić information content (AvgIpc) is 2.38. The number of hydrogen-bond donors (Lipinski definition) is 2. The Labute approximate surface area is 113 Å². The van der Waals surface area contributed by atoms with Gasteiger partial charge in [0.2, 0.25) is 5.91 Å². The summed E-state index contributed by atoms with van der Waals surface area (Å²) in [5, 5.41) is 5.96. The van der Waals surface area contributed by atoms with Gasteiger partial charge in [0.1, 0.15) is 0 Å². The van der Waals surface area contributed by atoms with Gasteiger partial charge in [-0.05, 0) is 43.7 Å². The van der Waals surface area contributed by atoms with Gasteiger partial charge in [-0.1, -0.05) is 29.8 Å². The Hall–Kier alpha value is -2.29. The van der Waals surface area contributed by atoms with Gasteiger partial charge in [-0.15, -0.1) is 0 Å². The minimum absolute atomic E-state index is 0.0498. The molecule has 1 amide bonds. The molecule has 2 aromatic carbocycles. The maximum absolute atomic E-state index is 11.8. The molecule has 19 heavy (non-hydrogen) atoms. The van der Waals surface area contributed by atoms with Gasteiger partial charge in [0.25, 0.3) is 0 Å². The summed E-state index contributed by atoms with van der Waals surface area (Å²) in [7, 11) is 0. The largest absolute Gasteiger partial charge is 0.376 e. The van der Waals surface area contributed by atoms with Crippen LogP contribution in [0.1, 0.15) is 11.1 Å². The second kappa shape index (κ2) is 6.05. The normalized spacial score (nSPS) is 10.0. The molecule has 0 fully saturated rings. The van der Waals surface area contributed by atoms with Crippen LogP contribution in [0, 0.1) is 13.8 Å². The zero-order valence-corrected chi connectivity index (χ0v) is 11.2. The average molecular weight is 254 g/mol. The zero-order chi connectivity index (χ0) is 13.7. The van der Waals surface area contributed by atoms with Crippen molar-refractivity contribution in [3.05, 3.63) is 59.7 Å². The second-order valence-electron chi connectivity index (χ2n) is 4.64. The van der Waals surface area contributed by atoms with E-state index in [4.69, 9.17) is 0 Å². The Morgan fingerprint density at radius 2 is 1.68 bits per heavy atom. The molecule has 0 aliphatic heterocycles. The molecule has 0 spiro atoms. The van der Waals surface area contributed by atoms with Gasteiger partial charge < -0.3 is 10.6 Å². The quantitative estimate of drug-likeness (QED) is 0.878. The second-order valence-corrected chi connectivity index (χ2v) is 4.64. The number of hydrogen-bond acceptors (Lipinski definition) is 2. The molecule has 0 aliphatic carbocycles. The fourth-order valence-corrected chi connectivity index (χ4v) is 1.78. The van der Waals surface area contributed by atoms with Gasteiger partial charge in [-0.25, -0.2) is 0 Å². The number of carbonyl (C=O) groups excluding carboxylic acids is 1. The molecule has 0 aromatic heterocycles. The van der Waals surface area contributed by atoms with Crippen LogP contribution in [0.15, 0.2) is 48.5 Å². The van der Waals surface area contributed by atoms with Crippen molar-refractivity contribution in [1.29, 1.82) is 0 Å². The van der Waals surface area contributed by atoms with Crippen LogP contribution in [0.25, 0.3) is 0 Å². The topological polar surface area (TPSA) is 41.1 Å². The summed E-state index contributed by atoms with van der Waals surface area (Å²) in [4.78, 5) is 11.8. The highest BCUT2D eigenvalue weighted by Crippen LogP contribution is 2.10. The van der Waals surface area contributed by atoms with E-state index in [9.17, 15) is 4.79 Å². The molecule has 0 saturated carbocycles. The smallest absolute Gasteiger partial charge is 0.243 e. The third-order valence-electron chi connectivity index (χ3n) is 2.81. The van der Waals surface area contributed by atoms with Gasteiger partial charge in [0, 0.05) is 11.4 Å². The molecule has 0 saturated heterocycles. The number of benzene rings is 2. The van der Waals surface area contributed by atoms with Gasteiger partial charge in [-0.3, -0.25) is 4.79 Å². The minimum atomic E-state index is -0.0498. The Kier molecular flexibility index (Phi) is 4.18. The number of rotatable bonds is 4. The number of anilines is 2. The van der Waals surface area contributed by atoms with Crippen LogP contribution in [-0.2, 0) is 4.79 Å². The maximum atomic E-state index is 11.8. The van der Waals surface area contributed by atoms with Crippen molar-refractivity contribution in [2.24, 2.45) is 0 Å². The first kappa shape index (κ1) is 13.1. The van der Waals surface area contributed by atoms with Crippen LogP contribution >= 0.6 is 0 Å². The zero-order valence-electron chi connectivity index (χ0n) is 11.2. The molecule has 0 unspecified atom stereocenters. The van der Waals surface area contributed by atoms with Gasteiger partial charge in [-0.2, -0.15) is 0 Å². The highest BCUT2D eigenvalue weighted by atomic mass is 16.1. The van der Waals surface area contributed by atoms with E-state index in [-0.39, 0.29) is 12.5 Å². The first-order valence-electron chi connectivity index (χ1n) is 6.30. The molecule has 3 nitrogen and oxygen atoms in total. The summed E-state index contributed by atoms with van der Waals surface area (Å²) >= 11 is 0. The van der Waals surface area contributed by atoms with E-state index >= 15 is 0 Å². The number of carbonyl (C=O) groups is 1. The first-order valence-corrected chi connectivity index (χ1v) is 6.30. The third kappa shape index (κ3) is 4.14. The third-order valence-corrected chi connectivity index (χ3v) is 2.81.